The molecule has 146 valence electrons. The number of carbonyl (C=O) groups is 1. The lowest BCUT2D eigenvalue weighted by Crippen LogP contribution is -2.44. The van der Waals surface area contributed by atoms with Gasteiger partial charge in [0.1, 0.15) is 6.54 Å². The maximum atomic E-state index is 12.6. The number of hydrogen-bond acceptors (Lipinski definition) is 3. The first-order chi connectivity index (χ1) is 12.8. The summed E-state index contributed by atoms with van der Waals surface area (Å²) in [6, 6.07) is 16.2. The summed E-state index contributed by atoms with van der Waals surface area (Å²) in [5.41, 5.74) is 2.31. The summed E-state index contributed by atoms with van der Waals surface area (Å²) in [4.78, 5) is 12.5. The summed E-state index contributed by atoms with van der Waals surface area (Å²) in [7, 11) is -0.905. The molecule has 0 spiro atoms. The molecule has 2 aromatic carbocycles. The van der Waals surface area contributed by atoms with Crippen LogP contribution in [0.4, 0.5) is 11.4 Å². The normalized spacial score (nSPS) is 11.4. The zero-order valence-electron chi connectivity index (χ0n) is 16.1. The number of unbranched alkanes of at least 4 members (excludes halogenated alkanes) is 1. The van der Waals surface area contributed by atoms with Crippen molar-refractivity contribution in [2.75, 3.05) is 30.3 Å². The Kier molecular flexibility index (Phi) is 7.38. The van der Waals surface area contributed by atoms with Crippen molar-refractivity contribution >= 4 is 27.5 Å². The van der Waals surface area contributed by atoms with Gasteiger partial charge >= 0.3 is 10.2 Å². The Bertz CT molecular complexity index is 835. The first-order valence-electron chi connectivity index (χ1n) is 8.98. The Morgan fingerprint density at radius 2 is 1.63 bits per heavy atom. The summed E-state index contributed by atoms with van der Waals surface area (Å²) >= 11 is 0. The molecule has 0 bridgehead atoms. The van der Waals surface area contributed by atoms with Gasteiger partial charge in [0.2, 0.25) is 5.91 Å². The maximum Gasteiger partial charge on any atom is 0.304 e. The van der Waals surface area contributed by atoms with Gasteiger partial charge < -0.3 is 5.32 Å². The van der Waals surface area contributed by atoms with Gasteiger partial charge in [-0.1, -0.05) is 43.7 Å². The fourth-order valence-electron chi connectivity index (χ4n) is 2.56. The third kappa shape index (κ3) is 5.80. The van der Waals surface area contributed by atoms with E-state index in [1.54, 1.807) is 30.3 Å². The largest absolute Gasteiger partial charge is 0.325 e. The third-order valence-corrected chi connectivity index (χ3v) is 5.95. The van der Waals surface area contributed by atoms with Crippen LogP contribution in [0.3, 0.4) is 0 Å². The van der Waals surface area contributed by atoms with Gasteiger partial charge in [0.05, 0.1) is 5.69 Å². The Labute approximate surface area is 162 Å². The van der Waals surface area contributed by atoms with Crippen LogP contribution < -0.4 is 9.62 Å². The molecule has 7 heteroatoms. The van der Waals surface area contributed by atoms with Crippen LogP contribution in [0, 0.1) is 0 Å². The van der Waals surface area contributed by atoms with Gasteiger partial charge in [-0.3, -0.25) is 4.79 Å². The lowest BCUT2D eigenvalue weighted by atomic mass is 10.1. The highest BCUT2D eigenvalue weighted by Crippen LogP contribution is 2.19. The van der Waals surface area contributed by atoms with Crippen LogP contribution in [0.15, 0.2) is 54.6 Å². The Morgan fingerprint density at radius 3 is 2.19 bits per heavy atom. The molecule has 0 aromatic heterocycles. The van der Waals surface area contributed by atoms with Crippen LogP contribution in [0.1, 0.15) is 25.3 Å². The first-order valence-corrected chi connectivity index (χ1v) is 10.4. The minimum absolute atomic E-state index is 0.303. The molecule has 0 radical (unpaired) electrons. The van der Waals surface area contributed by atoms with E-state index in [9.17, 15) is 13.2 Å². The predicted octanol–water partition coefficient (Wildman–Crippen LogP) is 3.28. The number of carbonyl (C=O) groups excluding carboxylic acids is 1. The summed E-state index contributed by atoms with van der Waals surface area (Å²) in [5, 5.41) is 2.77. The number of benzene rings is 2. The Hall–Kier alpha value is -2.38. The highest BCUT2D eigenvalue weighted by molar-refractivity contribution is 7.90. The highest BCUT2D eigenvalue weighted by Gasteiger charge is 2.27. The number of hydrogen-bond donors (Lipinski definition) is 1. The molecule has 0 saturated heterocycles. The summed E-state index contributed by atoms with van der Waals surface area (Å²) in [6.07, 6.45) is 3.27. The Morgan fingerprint density at radius 1 is 1.00 bits per heavy atom. The first kappa shape index (κ1) is 20.9. The fourth-order valence-corrected chi connectivity index (χ4v) is 3.63. The van der Waals surface area contributed by atoms with Gasteiger partial charge in [0.15, 0.2) is 0 Å². The molecule has 0 unspecified atom stereocenters. The van der Waals surface area contributed by atoms with Gasteiger partial charge in [-0.05, 0) is 42.7 Å². The zero-order chi connectivity index (χ0) is 19.9. The molecular weight excluding hydrogens is 362 g/mol. The number of rotatable bonds is 9. The van der Waals surface area contributed by atoms with Crippen molar-refractivity contribution in [2.24, 2.45) is 0 Å². The van der Waals surface area contributed by atoms with E-state index in [0.29, 0.717) is 11.4 Å². The van der Waals surface area contributed by atoms with E-state index in [-0.39, 0.29) is 6.54 Å². The van der Waals surface area contributed by atoms with E-state index in [2.05, 4.69) is 12.2 Å². The third-order valence-electron chi connectivity index (χ3n) is 4.13. The highest BCUT2D eigenvalue weighted by atomic mass is 32.2. The molecule has 2 aromatic rings. The number of anilines is 2. The van der Waals surface area contributed by atoms with Gasteiger partial charge in [0, 0.05) is 19.8 Å². The summed E-state index contributed by atoms with van der Waals surface area (Å²) in [5.74, 6) is -0.398. The van der Waals surface area contributed by atoms with Gasteiger partial charge in [-0.25, -0.2) is 4.31 Å². The Balaban J connectivity index is 2.12. The van der Waals surface area contributed by atoms with Gasteiger partial charge in [0.25, 0.3) is 0 Å². The number of para-hydroxylation sites is 1. The summed E-state index contributed by atoms with van der Waals surface area (Å²) in [6.45, 7) is 1.84. The molecule has 0 heterocycles. The molecular formula is C20H27N3O3S. The van der Waals surface area contributed by atoms with Crippen molar-refractivity contribution in [3.8, 4) is 0 Å². The van der Waals surface area contributed by atoms with Gasteiger partial charge in [-0.2, -0.15) is 12.7 Å². The number of nitrogens with one attached hydrogen (secondary N) is 1. The monoisotopic (exact) mass is 389 g/mol. The molecule has 0 fully saturated rings. The molecule has 0 atom stereocenters. The van der Waals surface area contributed by atoms with Crippen LogP contribution in [0.5, 0.6) is 0 Å². The maximum absolute atomic E-state index is 12.6. The van der Waals surface area contributed by atoms with Crippen molar-refractivity contribution in [1.29, 1.82) is 0 Å². The van der Waals surface area contributed by atoms with Crippen molar-refractivity contribution in [2.45, 2.75) is 26.2 Å². The second-order valence-electron chi connectivity index (χ2n) is 6.48. The zero-order valence-corrected chi connectivity index (χ0v) is 16.9. The minimum atomic E-state index is -3.79. The standard InChI is InChI=1S/C20H27N3O3S/c1-4-5-9-17-12-14-18(15-13-17)21-20(24)16-23(27(25,26)22(2)3)19-10-7-6-8-11-19/h6-8,10-15H,4-5,9,16H2,1-3H3,(H,21,24). The van der Waals surface area contributed by atoms with Crippen LogP contribution in [0.25, 0.3) is 0 Å². The predicted molar refractivity (Wildman–Crippen MR) is 110 cm³/mol. The van der Waals surface area contributed by atoms with E-state index >= 15 is 0 Å². The van der Waals surface area contributed by atoms with Crippen molar-refractivity contribution in [3.05, 3.63) is 60.2 Å². The number of nitrogens with zero attached hydrogens (tertiary/aromatic N) is 2. The second-order valence-corrected chi connectivity index (χ2v) is 8.55. The average molecular weight is 390 g/mol. The van der Waals surface area contributed by atoms with E-state index in [1.807, 2.05) is 24.3 Å². The van der Waals surface area contributed by atoms with E-state index < -0.39 is 16.1 Å². The number of amides is 1. The molecule has 0 aliphatic rings. The quantitative estimate of drug-likeness (QED) is 0.715. The summed E-state index contributed by atoms with van der Waals surface area (Å²) < 4.78 is 27.5. The minimum Gasteiger partial charge on any atom is -0.325 e. The molecule has 0 aliphatic carbocycles. The van der Waals surface area contributed by atoms with Crippen molar-refractivity contribution in [3.63, 3.8) is 0 Å². The van der Waals surface area contributed by atoms with E-state index in [4.69, 9.17) is 0 Å². The topological polar surface area (TPSA) is 69.7 Å². The molecule has 0 saturated carbocycles. The molecule has 0 aliphatic heterocycles. The number of aryl methyl sites for hydroxylation is 1. The molecule has 27 heavy (non-hydrogen) atoms. The fraction of sp³-hybridized carbons (Fsp3) is 0.350. The molecule has 6 nitrogen and oxygen atoms in total. The van der Waals surface area contributed by atoms with Crippen LogP contribution in [-0.4, -0.2) is 39.3 Å². The van der Waals surface area contributed by atoms with E-state index in [1.165, 1.54) is 19.7 Å². The SMILES string of the molecule is CCCCc1ccc(NC(=O)CN(c2ccccc2)S(=O)(=O)N(C)C)cc1. The van der Waals surface area contributed by atoms with Crippen LogP contribution >= 0.6 is 0 Å². The van der Waals surface area contributed by atoms with Crippen molar-refractivity contribution in [1.82, 2.24) is 4.31 Å². The second kappa shape index (κ2) is 9.53. The molecule has 1 amide bonds. The molecule has 1 N–H and O–H groups in total. The molecule has 2 rings (SSSR count). The smallest absolute Gasteiger partial charge is 0.304 e. The lowest BCUT2D eigenvalue weighted by molar-refractivity contribution is -0.114. The van der Waals surface area contributed by atoms with Crippen LogP contribution in [0.2, 0.25) is 0 Å². The van der Waals surface area contributed by atoms with Crippen LogP contribution in [-0.2, 0) is 21.4 Å². The lowest BCUT2D eigenvalue weighted by Gasteiger charge is -2.26. The van der Waals surface area contributed by atoms with Crippen molar-refractivity contribution < 1.29 is 13.2 Å². The van der Waals surface area contributed by atoms with E-state index in [0.717, 1.165) is 27.9 Å². The average Bonchev–Trinajstić information content (AvgIpc) is 2.66. The van der Waals surface area contributed by atoms with Gasteiger partial charge in [-0.15, -0.1) is 0 Å².